The fraction of sp³-hybridized carbons (Fsp3) is 0.176. The third-order valence-electron chi connectivity index (χ3n) is 3.64. The van der Waals surface area contributed by atoms with Crippen molar-refractivity contribution >= 4 is 23.9 Å². The largest absolute Gasteiger partial charge is 0.416 e. The Morgan fingerprint density at radius 1 is 0.952 bits per heavy atom. The van der Waals surface area contributed by atoms with Crippen molar-refractivity contribution in [3.63, 3.8) is 0 Å². The van der Waals surface area contributed by atoms with Crippen LogP contribution >= 0.6 is 11.8 Å². The molecule has 0 aliphatic carbocycles. The maximum absolute atomic E-state index is 13.2. The number of hydrogen-bond acceptors (Lipinski definition) is 1. The molecule has 0 radical (unpaired) electrons. The van der Waals surface area contributed by atoms with E-state index in [1.54, 1.807) is 19.1 Å². The molecule has 1 heterocycles. The van der Waals surface area contributed by atoms with Gasteiger partial charge >= 0.3 is 6.18 Å². The molecular formula is C17H13F3S. The molecule has 0 fully saturated rings. The van der Waals surface area contributed by atoms with E-state index in [0.717, 1.165) is 15.4 Å². The summed E-state index contributed by atoms with van der Waals surface area (Å²) in [5.41, 5.74) is 1.75. The second-order valence-electron chi connectivity index (χ2n) is 5.08. The number of alkyl halides is 3. The Bertz CT molecular complexity index is 742. The monoisotopic (exact) mass is 306 g/mol. The van der Waals surface area contributed by atoms with Crippen molar-refractivity contribution in [2.45, 2.75) is 29.8 Å². The Morgan fingerprint density at radius 2 is 1.67 bits per heavy atom. The molecule has 0 saturated carbocycles. The lowest BCUT2D eigenvalue weighted by molar-refractivity contribution is -0.138. The summed E-state index contributed by atoms with van der Waals surface area (Å²) < 4.78 is 39.6. The van der Waals surface area contributed by atoms with Crippen LogP contribution in [0.2, 0.25) is 0 Å². The molecule has 3 rings (SSSR count). The van der Waals surface area contributed by atoms with Gasteiger partial charge in [-0.15, -0.1) is 0 Å². The zero-order chi connectivity index (χ0) is 15.2. The molecule has 4 heteroatoms. The molecule has 2 aromatic rings. The molecule has 1 aliphatic rings. The molecule has 0 bridgehead atoms. The minimum Gasteiger partial charge on any atom is -0.166 e. The second kappa shape index (κ2) is 4.95. The van der Waals surface area contributed by atoms with E-state index in [1.807, 2.05) is 30.3 Å². The van der Waals surface area contributed by atoms with Gasteiger partial charge in [0.2, 0.25) is 0 Å². The Hall–Kier alpha value is -1.68. The highest BCUT2D eigenvalue weighted by Gasteiger charge is 2.35. The van der Waals surface area contributed by atoms with Crippen molar-refractivity contribution < 1.29 is 13.2 Å². The van der Waals surface area contributed by atoms with Crippen molar-refractivity contribution in [2.75, 3.05) is 0 Å². The molecule has 0 unspecified atom stereocenters. The first-order valence-corrected chi connectivity index (χ1v) is 7.36. The van der Waals surface area contributed by atoms with Crippen LogP contribution in [0, 0.1) is 13.8 Å². The third kappa shape index (κ3) is 2.48. The summed E-state index contributed by atoms with van der Waals surface area (Å²) >= 11 is 1.52. The van der Waals surface area contributed by atoms with Crippen LogP contribution in [0.1, 0.15) is 27.8 Å². The molecule has 0 atom stereocenters. The minimum absolute atomic E-state index is 0.277. The normalized spacial score (nSPS) is 13.6. The van der Waals surface area contributed by atoms with E-state index in [2.05, 4.69) is 0 Å². The fourth-order valence-electron chi connectivity index (χ4n) is 2.69. The summed E-state index contributed by atoms with van der Waals surface area (Å²) in [4.78, 5) is 1.94. The highest BCUT2D eigenvalue weighted by Crippen LogP contribution is 2.43. The van der Waals surface area contributed by atoms with Gasteiger partial charge in [-0.25, -0.2) is 0 Å². The maximum Gasteiger partial charge on any atom is 0.416 e. The highest BCUT2D eigenvalue weighted by atomic mass is 32.2. The van der Waals surface area contributed by atoms with E-state index < -0.39 is 11.7 Å². The predicted octanol–water partition coefficient (Wildman–Crippen LogP) is 5.96. The Balaban J connectivity index is 2.24. The van der Waals surface area contributed by atoms with Gasteiger partial charge in [-0.05, 0) is 48.2 Å². The molecule has 1 aliphatic heterocycles. The van der Waals surface area contributed by atoms with Crippen LogP contribution in [0.15, 0.2) is 40.1 Å². The summed E-state index contributed by atoms with van der Waals surface area (Å²) in [6.07, 6.45) is -0.643. The van der Waals surface area contributed by atoms with Gasteiger partial charge in [-0.1, -0.05) is 42.1 Å². The zero-order valence-corrected chi connectivity index (χ0v) is 12.4. The van der Waals surface area contributed by atoms with E-state index in [4.69, 9.17) is 0 Å². The van der Waals surface area contributed by atoms with Crippen LogP contribution in [0.4, 0.5) is 13.2 Å². The predicted molar refractivity (Wildman–Crippen MR) is 80.4 cm³/mol. The van der Waals surface area contributed by atoms with Crippen molar-refractivity contribution in [3.05, 3.63) is 58.1 Å². The molecule has 0 spiro atoms. The second-order valence-corrected chi connectivity index (χ2v) is 6.16. The summed E-state index contributed by atoms with van der Waals surface area (Å²) in [7, 11) is 0. The summed E-state index contributed by atoms with van der Waals surface area (Å²) in [6, 6.07) is 9.47. The maximum atomic E-state index is 13.2. The zero-order valence-electron chi connectivity index (χ0n) is 11.6. The van der Waals surface area contributed by atoms with Crippen LogP contribution in [-0.4, -0.2) is 0 Å². The number of fused-ring (bicyclic) bond motifs is 2. The quantitative estimate of drug-likeness (QED) is 0.494. The first-order valence-electron chi connectivity index (χ1n) is 6.54. The van der Waals surface area contributed by atoms with Crippen LogP contribution in [0.25, 0.3) is 12.2 Å². The van der Waals surface area contributed by atoms with Crippen molar-refractivity contribution in [1.29, 1.82) is 0 Å². The lowest BCUT2D eigenvalue weighted by Crippen LogP contribution is -2.11. The van der Waals surface area contributed by atoms with Gasteiger partial charge in [-0.3, -0.25) is 0 Å². The minimum atomic E-state index is -4.32. The van der Waals surface area contributed by atoms with Gasteiger partial charge in [0.25, 0.3) is 0 Å². The van der Waals surface area contributed by atoms with Gasteiger partial charge in [0.15, 0.2) is 0 Å². The molecule has 0 N–H and O–H groups in total. The fourth-order valence-corrected chi connectivity index (χ4v) is 3.90. The van der Waals surface area contributed by atoms with E-state index in [-0.39, 0.29) is 5.56 Å². The van der Waals surface area contributed by atoms with Gasteiger partial charge in [0.05, 0.1) is 5.56 Å². The van der Waals surface area contributed by atoms with E-state index >= 15 is 0 Å². The smallest absolute Gasteiger partial charge is 0.166 e. The van der Waals surface area contributed by atoms with Gasteiger partial charge in [0.1, 0.15) is 0 Å². The topological polar surface area (TPSA) is 0 Å². The Labute approximate surface area is 125 Å². The van der Waals surface area contributed by atoms with Gasteiger partial charge in [-0.2, -0.15) is 13.2 Å². The average molecular weight is 306 g/mol. The third-order valence-corrected chi connectivity index (χ3v) is 4.79. The summed E-state index contributed by atoms with van der Waals surface area (Å²) in [6.45, 7) is 3.08. The van der Waals surface area contributed by atoms with Crippen LogP contribution in [-0.2, 0) is 6.18 Å². The first-order chi connectivity index (χ1) is 9.88. The number of rotatable bonds is 0. The summed E-state index contributed by atoms with van der Waals surface area (Å²) in [5.74, 6) is 0. The molecule has 108 valence electrons. The van der Waals surface area contributed by atoms with Gasteiger partial charge < -0.3 is 0 Å². The average Bonchev–Trinajstić information content (AvgIpc) is 2.55. The number of hydrogen-bond donors (Lipinski definition) is 0. The van der Waals surface area contributed by atoms with E-state index in [0.29, 0.717) is 11.1 Å². The van der Waals surface area contributed by atoms with Crippen LogP contribution < -0.4 is 0 Å². The highest BCUT2D eigenvalue weighted by molar-refractivity contribution is 7.99. The number of benzene rings is 2. The lowest BCUT2D eigenvalue weighted by atomic mass is 9.96. The lowest BCUT2D eigenvalue weighted by Gasteiger charge is -2.18. The molecule has 2 aromatic carbocycles. The molecule has 0 saturated heterocycles. The van der Waals surface area contributed by atoms with Crippen LogP contribution in [0.3, 0.4) is 0 Å². The molecule has 0 aromatic heterocycles. The Kier molecular flexibility index (Phi) is 3.36. The van der Waals surface area contributed by atoms with Crippen molar-refractivity contribution in [3.8, 4) is 0 Å². The number of halogens is 3. The Morgan fingerprint density at radius 3 is 2.38 bits per heavy atom. The van der Waals surface area contributed by atoms with E-state index in [1.165, 1.54) is 18.7 Å². The molecular weight excluding hydrogens is 293 g/mol. The first kappa shape index (κ1) is 14.3. The number of aryl methyl sites for hydroxylation is 1. The van der Waals surface area contributed by atoms with Crippen molar-refractivity contribution in [1.82, 2.24) is 0 Å². The van der Waals surface area contributed by atoms with Crippen molar-refractivity contribution in [2.24, 2.45) is 0 Å². The molecule has 21 heavy (non-hydrogen) atoms. The van der Waals surface area contributed by atoms with Gasteiger partial charge in [0, 0.05) is 9.79 Å². The standard InChI is InChI=1S/C17H13F3S/c1-10-9-15-13(11(2)16(10)17(18,19)20)8-7-12-5-3-4-6-14(12)21-15/h3-9H,1-2H3. The van der Waals surface area contributed by atoms with E-state index in [9.17, 15) is 13.2 Å². The SMILES string of the molecule is Cc1cc2c(c(C)c1C(F)(F)F)C=Cc1ccccc1S2. The van der Waals surface area contributed by atoms with Crippen LogP contribution in [0.5, 0.6) is 0 Å². The summed E-state index contributed by atoms with van der Waals surface area (Å²) in [5, 5.41) is 0. The molecule has 0 nitrogen and oxygen atoms in total. The molecule has 0 amide bonds.